The minimum atomic E-state index is 0.905. The number of para-hydroxylation sites is 1. The summed E-state index contributed by atoms with van der Waals surface area (Å²) in [7, 11) is 0. The van der Waals surface area contributed by atoms with Crippen LogP contribution in [0.2, 0.25) is 0 Å². The van der Waals surface area contributed by atoms with Gasteiger partial charge in [0.25, 0.3) is 0 Å². The van der Waals surface area contributed by atoms with Crippen LogP contribution >= 0.6 is 0 Å². The van der Waals surface area contributed by atoms with Crippen LogP contribution in [0.5, 0.6) is 0 Å². The van der Waals surface area contributed by atoms with Crippen LogP contribution < -0.4 is 19.6 Å². The summed E-state index contributed by atoms with van der Waals surface area (Å²) in [6.07, 6.45) is 26.1. The molecule has 0 amide bonds. The van der Waals surface area contributed by atoms with Gasteiger partial charge in [-0.05, 0) is 192 Å². The molecule has 0 fully saturated rings. The second-order valence-corrected chi connectivity index (χ2v) is 15.9. The fourth-order valence-electron chi connectivity index (χ4n) is 7.83. The Bertz CT molecular complexity index is 2760. The number of nitrogens with zero attached hydrogens (tertiary/aromatic N) is 4. The first-order valence-corrected chi connectivity index (χ1v) is 22.9. The molecule has 4 heteroatoms. The van der Waals surface area contributed by atoms with Gasteiger partial charge in [0.2, 0.25) is 0 Å². The number of allylic oxidation sites excluding steroid dienone is 14. The third-order valence-corrected chi connectivity index (χ3v) is 10.9. The fraction of sp³-hybridized carbons (Fsp3) is 0.129. The Morgan fingerprint density at radius 3 is 1.50 bits per heavy atom. The average molecular weight is 865 g/mol. The highest BCUT2D eigenvalue weighted by atomic mass is 15.2. The van der Waals surface area contributed by atoms with E-state index in [9.17, 15) is 0 Å². The van der Waals surface area contributed by atoms with Crippen molar-refractivity contribution in [3.05, 3.63) is 272 Å². The molecular formula is C62H64N4. The van der Waals surface area contributed by atoms with E-state index in [1.54, 1.807) is 0 Å². The number of hydrogen-bond donors (Lipinski definition) is 0. The maximum Gasteiger partial charge on any atom is 0.0464 e. The Hall–Kier alpha value is -7.82. The Labute approximate surface area is 395 Å². The van der Waals surface area contributed by atoms with E-state index in [0.29, 0.717) is 0 Å². The second kappa shape index (κ2) is 23.7. The number of rotatable bonds is 16. The van der Waals surface area contributed by atoms with Gasteiger partial charge in [-0.15, -0.1) is 0 Å². The van der Waals surface area contributed by atoms with Crippen molar-refractivity contribution in [2.24, 2.45) is 0 Å². The molecule has 0 spiro atoms. The van der Waals surface area contributed by atoms with Crippen LogP contribution in [0.4, 0.5) is 51.2 Å². The summed E-state index contributed by atoms with van der Waals surface area (Å²) >= 11 is 0. The molecular weight excluding hydrogens is 801 g/mol. The highest BCUT2D eigenvalue weighted by molar-refractivity contribution is 5.83. The summed E-state index contributed by atoms with van der Waals surface area (Å²) in [6, 6.07) is 54.5. The lowest BCUT2D eigenvalue weighted by Crippen LogP contribution is -2.19. The molecule has 1 aliphatic rings. The number of anilines is 9. The molecule has 0 N–H and O–H groups in total. The van der Waals surface area contributed by atoms with Gasteiger partial charge in [-0.25, -0.2) is 0 Å². The lowest BCUT2D eigenvalue weighted by Gasteiger charge is -2.31. The molecule has 0 unspecified atom stereocenters. The summed E-state index contributed by atoms with van der Waals surface area (Å²) < 4.78 is 0. The van der Waals surface area contributed by atoms with E-state index < -0.39 is 0 Å². The highest BCUT2D eigenvalue weighted by Gasteiger charge is 2.20. The number of benzene rings is 6. The molecule has 6 aromatic rings. The van der Waals surface area contributed by atoms with Crippen molar-refractivity contribution in [2.45, 2.75) is 54.9 Å². The van der Waals surface area contributed by atoms with E-state index in [0.717, 1.165) is 80.3 Å². The first-order chi connectivity index (χ1) is 32.2. The number of hydrogen-bond acceptors (Lipinski definition) is 4. The van der Waals surface area contributed by atoms with Gasteiger partial charge in [-0.3, -0.25) is 0 Å². The minimum Gasteiger partial charge on any atom is -0.315 e. The zero-order chi connectivity index (χ0) is 46.8. The summed E-state index contributed by atoms with van der Waals surface area (Å²) in [4.78, 5) is 9.19. The average Bonchev–Trinajstić information content (AvgIpc) is 3.62. The van der Waals surface area contributed by atoms with Crippen LogP contribution in [-0.4, -0.2) is 0 Å². The fourth-order valence-corrected chi connectivity index (χ4v) is 7.83. The number of aryl methyl sites for hydroxylation is 2. The predicted molar refractivity (Wildman–Crippen MR) is 289 cm³/mol. The van der Waals surface area contributed by atoms with Gasteiger partial charge in [0.1, 0.15) is 0 Å². The van der Waals surface area contributed by atoms with Crippen LogP contribution in [0.25, 0.3) is 0 Å². The molecule has 7 rings (SSSR count). The zero-order valence-corrected chi connectivity index (χ0v) is 39.8. The largest absolute Gasteiger partial charge is 0.315 e. The van der Waals surface area contributed by atoms with Crippen LogP contribution in [0.3, 0.4) is 0 Å². The van der Waals surface area contributed by atoms with Crippen LogP contribution in [0, 0.1) is 13.8 Å². The third kappa shape index (κ3) is 12.0. The van der Waals surface area contributed by atoms with Crippen molar-refractivity contribution >= 4 is 51.2 Å². The van der Waals surface area contributed by atoms with Crippen molar-refractivity contribution in [1.29, 1.82) is 0 Å². The Morgan fingerprint density at radius 1 is 0.530 bits per heavy atom. The molecule has 0 aliphatic heterocycles. The lowest BCUT2D eigenvalue weighted by atomic mass is 10.1. The smallest absolute Gasteiger partial charge is 0.0464 e. The predicted octanol–water partition coefficient (Wildman–Crippen LogP) is 18.3. The summed E-state index contributed by atoms with van der Waals surface area (Å²) in [6.45, 7) is 22.6. The van der Waals surface area contributed by atoms with Crippen LogP contribution in [0.15, 0.2) is 260 Å². The van der Waals surface area contributed by atoms with E-state index in [1.807, 2.05) is 58.1 Å². The van der Waals surface area contributed by atoms with Crippen molar-refractivity contribution < 1.29 is 0 Å². The van der Waals surface area contributed by atoms with Gasteiger partial charge >= 0.3 is 0 Å². The van der Waals surface area contributed by atoms with Crippen molar-refractivity contribution in [1.82, 2.24) is 0 Å². The molecule has 0 aromatic heterocycles. The third-order valence-electron chi connectivity index (χ3n) is 10.9. The lowest BCUT2D eigenvalue weighted by molar-refractivity contribution is 1.10. The first-order valence-electron chi connectivity index (χ1n) is 22.9. The van der Waals surface area contributed by atoms with Crippen molar-refractivity contribution in [2.75, 3.05) is 19.6 Å². The SMILES string of the molecule is C=C/C(=C\C=C/C)N(/C(C)=C/C=C\C(=C)C)c1ccc(N(c2ccc(N(C3=CC=CCC=C3)c3cccc(C)c3)cc2)c2ccc(N(c3ccccc3)c3cccc(C)c3)cc2)cc1.CC. The Morgan fingerprint density at radius 2 is 1.00 bits per heavy atom. The van der Waals surface area contributed by atoms with E-state index in [4.69, 9.17) is 0 Å². The zero-order valence-electron chi connectivity index (χ0n) is 39.8. The maximum absolute atomic E-state index is 4.19. The first kappa shape index (κ1) is 47.7. The maximum atomic E-state index is 4.19. The quantitative estimate of drug-likeness (QED) is 0.0899. The van der Waals surface area contributed by atoms with Gasteiger partial charge < -0.3 is 19.6 Å². The molecule has 0 saturated heterocycles. The molecule has 332 valence electrons. The monoisotopic (exact) mass is 865 g/mol. The Balaban J connectivity index is 0.00000355. The van der Waals surface area contributed by atoms with E-state index in [-0.39, 0.29) is 0 Å². The highest BCUT2D eigenvalue weighted by Crippen LogP contribution is 2.41. The molecule has 0 saturated carbocycles. The summed E-state index contributed by atoms with van der Waals surface area (Å²) in [5.41, 5.74) is 16.1. The van der Waals surface area contributed by atoms with Gasteiger partial charge in [-0.1, -0.05) is 118 Å². The van der Waals surface area contributed by atoms with Gasteiger partial charge in [0.05, 0.1) is 0 Å². The molecule has 0 bridgehead atoms. The van der Waals surface area contributed by atoms with Gasteiger partial charge in [-0.2, -0.15) is 0 Å². The molecule has 4 nitrogen and oxygen atoms in total. The van der Waals surface area contributed by atoms with E-state index in [1.165, 1.54) is 11.1 Å². The van der Waals surface area contributed by atoms with E-state index in [2.05, 4.69) is 248 Å². The molecule has 66 heavy (non-hydrogen) atoms. The molecule has 6 aromatic carbocycles. The topological polar surface area (TPSA) is 13.0 Å². The van der Waals surface area contributed by atoms with Crippen LogP contribution in [-0.2, 0) is 0 Å². The Kier molecular flexibility index (Phi) is 17.1. The van der Waals surface area contributed by atoms with Crippen LogP contribution in [0.1, 0.15) is 52.2 Å². The van der Waals surface area contributed by atoms with Crippen molar-refractivity contribution in [3.63, 3.8) is 0 Å². The summed E-state index contributed by atoms with van der Waals surface area (Å²) in [5, 5.41) is 0. The minimum absolute atomic E-state index is 0.905. The second-order valence-electron chi connectivity index (χ2n) is 15.9. The van der Waals surface area contributed by atoms with Gasteiger partial charge in [0, 0.05) is 68.3 Å². The molecule has 0 heterocycles. The standard InChI is InChI=1S/C60H58N4.C2H6/c1-8-10-25-50(9-2)61(49(7)24-18-21-46(3)4)53-32-34-54(35-33-53)62(56-38-42-58(43-39-56)64(52-28-16-13-17-29-52)60-31-20-23-48(6)45-60)55-36-40-57(41-37-55)63(51-26-14-11-12-15-27-51)59-30-19-22-47(5)44-59;1-2/h8-11,13-45H,2-3,12H2,1,4-7H3;1-2H3/b10-8-,21-18-,49-24+,50-25+;. The van der Waals surface area contributed by atoms with E-state index >= 15 is 0 Å². The molecule has 0 atom stereocenters. The normalized spacial score (nSPS) is 12.6. The molecule has 0 radical (unpaired) electrons. The molecule has 1 aliphatic carbocycles. The van der Waals surface area contributed by atoms with Crippen molar-refractivity contribution in [3.8, 4) is 0 Å². The van der Waals surface area contributed by atoms with Gasteiger partial charge in [0.15, 0.2) is 0 Å². The summed E-state index contributed by atoms with van der Waals surface area (Å²) in [5.74, 6) is 0.